The van der Waals surface area contributed by atoms with Crippen molar-refractivity contribution in [2.24, 2.45) is 0 Å². The van der Waals surface area contributed by atoms with Crippen molar-refractivity contribution >= 4 is 46.3 Å². The molecule has 0 heterocycles. The summed E-state index contributed by atoms with van der Waals surface area (Å²) in [5.41, 5.74) is 0. The molecule has 0 aliphatic heterocycles. The normalized spacial score (nSPS) is 11.7. The van der Waals surface area contributed by atoms with Gasteiger partial charge in [0.15, 0.2) is 0 Å². The Labute approximate surface area is 170 Å². The molecule has 3 heteroatoms. The molecule has 1 nitrogen and oxygen atoms in total. The molecule has 4 aromatic rings. The zero-order valence-electron chi connectivity index (χ0n) is 14.8. The van der Waals surface area contributed by atoms with Crippen LogP contribution in [0.1, 0.15) is 0 Å². The molecular formula is C24H22OSe2. The van der Waals surface area contributed by atoms with Crippen molar-refractivity contribution in [3.05, 3.63) is 121 Å². The summed E-state index contributed by atoms with van der Waals surface area (Å²) >= 11 is -3.74. The van der Waals surface area contributed by atoms with Gasteiger partial charge in [0, 0.05) is 0 Å². The SMILES string of the molecule is c1ccc([SeH](O[SeH](c2ccccc2)c2ccccc2)c2ccccc2)cc1. The fraction of sp³-hybridized carbons (Fsp3) is 0. The Morgan fingerprint density at radius 1 is 0.333 bits per heavy atom. The second-order valence-electron chi connectivity index (χ2n) is 6.01. The van der Waals surface area contributed by atoms with Gasteiger partial charge in [-0.3, -0.25) is 0 Å². The van der Waals surface area contributed by atoms with Gasteiger partial charge in [-0.1, -0.05) is 0 Å². The molecule has 0 radical (unpaired) electrons. The predicted octanol–water partition coefficient (Wildman–Crippen LogP) is 2.08. The average Bonchev–Trinajstić information content (AvgIpc) is 2.77. The van der Waals surface area contributed by atoms with E-state index in [4.69, 9.17) is 2.90 Å². The number of benzene rings is 4. The topological polar surface area (TPSA) is 9.23 Å². The summed E-state index contributed by atoms with van der Waals surface area (Å²) in [6.07, 6.45) is 0. The molecular weight excluding hydrogens is 462 g/mol. The average molecular weight is 484 g/mol. The molecule has 0 atom stereocenters. The van der Waals surface area contributed by atoms with Crippen LogP contribution in [-0.4, -0.2) is 28.5 Å². The Balaban J connectivity index is 1.77. The minimum absolute atomic E-state index is 1.34. The van der Waals surface area contributed by atoms with Gasteiger partial charge in [-0.05, 0) is 0 Å². The van der Waals surface area contributed by atoms with Crippen molar-refractivity contribution in [3.8, 4) is 0 Å². The van der Waals surface area contributed by atoms with Crippen molar-refractivity contribution in [2.45, 2.75) is 0 Å². The van der Waals surface area contributed by atoms with Crippen molar-refractivity contribution in [1.82, 2.24) is 0 Å². The first-order valence-corrected chi connectivity index (χ1v) is 14.2. The number of hydrogen-bond acceptors (Lipinski definition) is 1. The third-order valence-electron chi connectivity index (χ3n) is 4.13. The molecule has 27 heavy (non-hydrogen) atoms. The summed E-state index contributed by atoms with van der Waals surface area (Å²) in [6, 6.07) is 43.0. The summed E-state index contributed by atoms with van der Waals surface area (Å²) in [5.74, 6) is 0. The monoisotopic (exact) mass is 486 g/mol. The molecule has 0 saturated heterocycles. The molecule has 0 aromatic heterocycles. The first-order chi connectivity index (χ1) is 13.4. The maximum absolute atomic E-state index is 7.09. The zero-order chi connectivity index (χ0) is 18.3. The van der Waals surface area contributed by atoms with Crippen LogP contribution >= 0.6 is 0 Å². The second-order valence-corrected chi connectivity index (χ2v) is 14.9. The van der Waals surface area contributed by atoms with E-state index in [2.05, 4.69) is 121 Å². The van der Waals surface area contributed by atoms with Gasteiger partial charge < -0.3 is 0 Å². The van der Waals surface area contributed by atoms with Crippen LogP contribution in [0.2, 0.25) is 0 Å². The van der Waals surface area contributed by atoms with Crippen LogP contribution < -0.4 is 17.8 Å². The van der Waals surface area contributed by atoms with Gasteiger partial charge in [-0.2, -0.15) is 0 Å². The summed E-state index contributed by atoms with van der Waals surface area (Å²) < 4.78 is 12.4. The first kappa shape index (κ1) is 18.3. The van der Waals surface area contributed by atoms with Crippen LogP contribution in [0.25, 0.3) is 0 Å². The third kappa shape index (κ3) is 4.59. The van der Waals surface area contributed by atoms with Gasteiger partial charge in [0.1, 0.15) is 0 Å². The van der Waals surface area contributed by atoms with E-state index in [0.717, 1.165) is 0 Å². The number of hydrogen-bond donors (Lipinski definition) is 0. The van der Waals surface area contributed by atoms with Gasteiger partial charge in [0.2, 0.25) is 0 Å². The summed E-state index contributed by atoms with van der Waals surface area (Å²) in [4.78, 5) is 0. The van der Waals surface area contributed by atoms with E-state index < -0.39 is 28.5 Å². The Bertz CT molecular complexity index is 785. The van der Waals surface area contributed by atoms with E-state index in [9.17, 15) is 0 Å². The van der Waals surface area contributed by atoms with E-state index in [0.29, 0.717) is 0 Å². The molecule has 0 spiro atoms. The Morgan fingerprint density at radius 3 is 0.778 bits per heavy atom. The molecule has 0 amide bonds. The van der Waals surface area contributed by atoms with Crippen molar-refractivity contribution in [3.63, 3.8) is 0 Å². The standard InChI is InChI=1S/C24H22OSe2/c1-5-13-21(14-6-1)26(22-15-7-2-8-16-22)25-27(23-17-9-3-10-18-23)24-19-11-4-12-20-24/h1-20,26-27H. The van der Waals surface area contributed by atoms with Crippen molar-refractivity contribution in [1.29, 1.82) is 0 Å². The van der Waals surface area contributed by atoms with Crippen LogP contribution in [0.15, 0.2) is 121 Å². The summed E-state index contributed by atoms with van der Waals surface area (Å²) in [6.45, 7) is 0. The molecule has 0 N–H and O–H groups in total. The number of rotatable bonds is 6. The van der Waals surface area contributed by atoms with Gasteiger partial charge in [0.25, 0.3) is 0 Å². The van der Waals surface area contributed by atoms with E-state index in [1.54, 1.807) is 0 Å². The Morgan fingerprint density at radius 2 is 0.556 bits per heavy atom. The fourth-order valence-corrected chi connectivity index (χ4v) is 14.8. The van der Waals surface area contributed by atoms with Crippen LogP contribution in [0.4, 0.5) is 0 Å². The zero-order valence-corrected chi connectivity index (χ0v) is 18.6. The Kier molecular flexibility index (Phi) is 6.21. The molecule has 0 unspecified atom stereocenters. The summed E-state index contributed by atoms with van der Waals surface area (Å²) in [5, 5.41) is 0. The van der Waals surface area contributed by atoms with Crippen LogP contribution in [-0.2, 0) is 2.90 Å². The maximum atomic E-state index is 7.09. The molecule has 136 valence electrons. The van der Waals surface area contributed by atoms with Crippen molar-refractivity contribution in [2.75, 3.05) is 0 Å². The van der Waals surface area contributed by atoms with E-state index in [-0.39, 0.29) is 0 Å². The second kappa shape index (κ2) is 9.19. The summed E-state index contributed by atoms with van der Waals surface area (Å²) in [7, 11) is 0. The first-order valence-electron chi connectivity index (χ1n) is 8.90. The molecule has 4 aromatic carbocycles. The molecule has 0 fully saturated rings. The van der Waals surface area contributed by atoms with Crippen molar-refractivity contribution < 1.29 is 2.90 Å². The quantitative estimate of drug-likeness (QED) is 0.381. The molecule has 0 aliphatic carbocycles. The molecule has 0 saturated carbocycles. The Hall–Kier alpha value is -2.12. The van der Waals surface area contributed by atoms with Gasteiger partial charge in [-0.15, -0.1) is 0 Å². The molecule has 0 bridgehead atoms. The predicted molar refractivity (Wildman–Crippen MR) is 120 cm³/mol. The van der Waals surface area contributed by atoms with Crippen LogP contribution in [0.5, 0.6) is 0 Å². The van der Waals surface area contributed by atoms with Gasteiger partial charge in [0.05, 0.1) is 0 Å². The van der Waals surface area contributed by atoms with Gasteiger partial charge in [-0.25, -0.2) is 0 Å². The minimum atomic E-state index is -1.87. The van der Waals surface area contributed by atoms with Crippen LogP contribution in [0.3, 0.4) is 0 Å². The fourth-order valence-electron chi connectivity index (χ4n) is 2.82. The van der Waals surface area contributed by atoms with E-state index >= 15 is 0 Å². The third-order valence-corrected chi connectivity index (χ3v) is 14.8. The van der Waals surface area contributed by atoms with Crippen LogP contribution in [0, 0.1) is 0 Å². The molecule has 0 aliphatic rings. The van der Waals surface area contributed by atoms with E-state index in [1.807, 2.05) is 0 Å². The van der Waals surface area contributed by atoms with E-state index in [1.165, 1.54) is 17.8 Å². The molecule has 4 rings (SSSR count). The van der Waals surface area contributed by atoms with Gasteiger partial charge >= 0.3 is 171 Å².